The zero-order valence-electron chi connectivity index (χ0n) is 22.8. The number of benzene rings is 1. The highest BCUT2D eigenvalue weighted by Crippen LogP contribution is 2.33. The van der Waals surface area contributed by atoms with Gasteiger partial charge in [-0.25, -0.2) is 8.42 Å². The molecular formula is C26H35F3N4O5S. The van der Waals surface area contributed by atoms with Crippen molar-refractivity contribution < 1.29 is 35.9 Å². The van der Waals surface area contributed by atoms with Crippen molar-refractivity contribution in [3.63, 3.8) is 0 Å². The van der Waals surface area contributed by atoms with Crippen LogP contribution >= 0.6 is 0 Å². The van der Waals surface area contributed by atoms with Gasteiger partial charge >= 0.3 is 6.18 Å². The molecular weight excluding hydrogens is 537 g/mol. The largest absolute Gasteiger partial charge is 0.491 e. The van der Waals surface area contributed by atoms with Crippen molar-refractivity contribution in [2.24, 2.45) is 12.0 Å². The first-order chi connectivity index (χ1) is 18.1. The molecule has 1 aromatic heterocycles. The molecule has 3 heterocycles. The molecule has 0 radical (unpaired) electrons. The monoisotopic (exact) mass is 572 g/mol. The Morgan fingerprint density at radius 1 is 1.18 bits per heavy atom. The van der Waals surface area contributed by atoms with E-state index in [0.29, 0.717) is 31.6 Å². The fourth-order valence-electron chi connectivity index (χ4n) is 4.93. The van der Waals surface area contributed by atoms with E-state index in [-0.39, 0.29) is 29.4 Å². The lowest BCUT2D eigenvalue weighted by Crippen LogP contribution is -2.53. The van der Waals surface area contributed by atoms with E-state index in [9.17, 15) is 26.4 Å². The number of halogens is 3. The molecule has 2 aromatic rings. The average Bonchev–Trinajstić information content (AvgIpc) is 3.40. The average molecular weight is 573 g/mol. The quantitative estimate of drug-likeness (QED) is 0.507. The van der Waals surface area contributed by atoms with Crippen molar-refractivity contribution in [1.82, 2.24) is 13.7 Å². The van der Waals surface area contributed by atoms with Crippen LogP contribution in [0.25, 0.3) is 0 Å². The lowest BCUT2D eigenvalue weighted by Gasteiger charge is -2.38. The molecule has 2 atom stereocenters. The number of aromatic nitrogens is 2. The van der Waals surface area contributed by atoms with Gasteiger partial charge in [-0.2, -0.15) is 22.5 Å². The van der Waals surface area contributed by atoms with Gasteiger partial charge in [0.05, 0.1) is 36.1 Å². The Balaban J connectivity index is 1.72. The van der Waals surface area contributed by atoms with Crippen molar-refractivity contribution >= 4 is 15.9 Å². The summed E-state index contributed by atoms with van der Waals surface area (Å²) in [6.07, 6.45) is -1.33. The molecule has 2 fully saturated rings. The van der Waals surface area contributed by atoms with Crippen LogP contribution in [0.2, 0.25) is 0 Å². The summed E-state index contributed by atoms with van der Waals surface area (Å²) >= 11 is 0. The number of ether oxygens (including phenoxy) is 2. The number of hydrogen-bond donors (Lipinski definition) is 0. The molecule has 0 spiro atoms. The maximum atomic E-state index is 13.6. The molecule has 2 aliphatic heterocycles. The van der Waals surface area contributed by atoms with Crippen LogP contribution in [0, 0.1) is 0 Å². The number of hydrogen-bond acceptors (Lipinski definition) is 5. The Morgan fingerprint density at radius 2 is 1.90 bits per heavy atom. The van der Waals surface area contributed by atoms with Gasteiger partial charge < -0.3 is 9.47 Å². The number of sulfonamides is 1. The van der Waals surface area contributed by atoms with Crippen molar-refractivity contribution in [3.8, 4) is 5.75 Å². The summed E-state index contributed by atoms with van der Waals surface area (Å²) in [6, 6.07) is 3.95. The second kappa shape index (κ2) is 10.7. The normalized spacial score (nSPS) is 21.3. The highest BCUT2D eigenvalue weighted by molar-refractivity contribution is 7.88. The smallest absolute Gasteiger partial charge is 0.416 e. The van der Waals surface area contributed by atoms with E-state index in [1.807, 2.05) is 32.5 Å². The molecule has 0 bridgehead atoms. The van der Waals surface area contributed by atoms with Crippen LogP contribution in [0.3, 0.4) is 0 Å². The molecule has 2 saturated heterocycles. The predicted molar refractivity (Wildman–Crippen MR) is 138 cm³/mol. The molecule has 0 unspecified atom stereocenters. The van der Waals surface area contributed by atoms with E-state index >= 15 is 0 Å². The van der Waals surface area contributed by atoms with Gasteiger partial charge in [-0.15, -0.1) is 0 Å². The first kappa shape index (κ1) is 29.3. The van der Waals surface area contributed by atoms with Gasteiger partial charge in [0.2, 0.25) is 10.0 Å². The number of amides is 1. The van der Waals surface area contributed by atoms with E-state index in [1.54, 1.807) is 10.7 Å². The third kappa shape index (κ3) is 6.58. The third-order valence-corrected chi connectivity index (χ3v) is 8.44. The van der Waals surface area contributed by atoms with Crippen molar-refractivity contribution in [2.75, 3.05) is 26.0 Å². The minimum Gasteiger partial charge on any atom is -0.491 e. The first-order valence-corrected chi connectivity index (χ1v) is 14.7. The summed E-state index contributed by atoms with van der Waals surface area (Å²) in [7, 11) is -1.59. The van der Waals surface area contributed by atoms with E-state index in [0.717, 1.165) is 43.0 Å². The summed E-state index contributed by atoms with van der Waals surface area (Å²) in [5.74, 6) is -0.980. The predicted octanol–water partition coefficient (Wildman–Crippen LogP) is 3.48. The zero-order chi connectivity index (χ0) is 28.8. The Kier molecular flexibility index (Phi) is 8.08. The van der Waals surface area contributed by atoms with Gasteiger partial charge in [0.15, 0.2) is 5.49 Å². The van der Waals surface area contributed by atoms with Crippen molar-refractivity contribution in [1.29, 1.82) is 0 Å². The van der Waals surface area contributed by atoms with E-state index < -0.39 is 33.7 Å². The topological polar surface area (TPSA) is 95.1 Å². The minimum absolute atomic E-state index is 0.0619. The lowest BCUT2D eigenvalue weighted by molar-refractivity contribution is -0.137. The molecule has 0 N–H and O–H groups in total. The first-order valence-electron chi connectivity index (χ1n) is 12.8. The highest BCUT2D eigenvalue weighted by Gasteiger charge is 2.36. The fourth-order valence-corrected chi connectivity index (χ4v) is 6.08. The van der Waals surface area contributed by atoms with E-state index in [2.05, 4.69) is 4.99 Å². The number of carbonyl (C=O) groups is 1. The Hall–Kier alpha value is -2.64. The van der Waals surface area contributed by atoms with Crippen LogP contribution in [0.4, 0.5) is 13.2 Å². The molecule has 39 heavy (non-hydrogen) atoms. The summed E-state index contributed by atoms with van der Waals surface area (Å²) in [5.41, 5.74) is -0.458. The van der Waals surface area contributed by atoms with Gasteiger partial charge in [0.25, 0.3) is 5.91 Å². The van der Waals surface area contributed by atoms with Gasteiger partial charge in [0.1, 0.15) is 12.4 Å². The molecule has 1 amide bonds. The molecule has 0 aliphatic carbocycles. The zero-order valence-corrected chi connectivity index (χ0v) is 23.6. The number of alkyl halides is 3. The Morgan fingerprint density at radius 3 is 2.44 bits per heavy atom. The number of nitrogens with zero attached hydrogens (tertiary/aromatic N) is 4. The summed E-state index contributed by atoms with van der Waals surface area (Å²) in [4.78, 5) is 17.7. The number of carbonyl (C=O) groups excluding carboxylic acids is 1. The van der Waals surface area contributed by atoms with Crippen LogP contribution in [0.15, 0.2) is 29.3 Å². The van der Waals surface area contributed by atoms with E-state index in [1.165, 1.54) is 4.31 Å². The standard InChI is InChI=1S/C26H35F3N4O5S/c1-25(2,3)22-14-23(32(31(22)4)15-19-7-6-12-37-19)30-24(34)20-13-17(26(27,28)29)8-9-21(20)38-16-18-10-11-33(18)39(5,35)36/h8-9,13-14,18-19H,6-7,10-12,15-16H2,1-5H3/t18-,19+/m0/s1. The minimum atomic E-state index is -4.68. The molecule has 1 aromatic carbocycles. The van der Waals surface area contributed by atoms with Crippen LogP contribution in [-0.2, 0) is 39.9 Å². The summed E-state index contributed by atoms with van der Waals surface area (Å²) in [6.45, 7) is 7.38. The Bertz CT molecular complexity index is 1400. The van der Waals surface area contributed by atoms with Crippen molar-refractivity contribution in [2.45, 2.75) is 70.3 Å². The van der Waals surface area contributed by atoms with Crippen LogP contribution < -0.4 is 10.2 Å². The lowest BCUT2D eigenvalue weighted by atomic mass is 9.92. The summed E-state index contributed by atoms with van der Waals surface area (Å²) < 4.78 is 80.9. The van der Waals surface area contributed by atoms with Gasteiger partial charge in [-0.05, 0) is 37.5 Å². The Labute approximate surface area is 226 Å². The maximum absolute atomic E-state index is 13.6. The summed E-state index contributed by atoms with van der Waals surface area (Å²) in [5, 5.41) is 0. The van der Waals surface area contributed by atoms with Crippen LogP contribution in [0.1, 0.15) is 61.6 Å². The van der Waals surface area contributed by atoms with Crippen LogP contribution in [0.5, 0.6) is 5.75 Å². The number of rotatable bonds is 7. The van der Waals surface area contributed by atoms with Gasteiger partial charge in [-0.1, -0.05) is 20.8 Å². The van der Waals surface area contributed by atoms with Crippen molar-refractivity contribution in [3.05, 3.63) is 46.6 Å². The second-order valence-electron chi connectivity index (χ2n) is 11.1. The molecule has 2 aliphatic rings. The molecule has 9 nitrogen and oxygen atoms in total. The van der Waals surface area contributed by atoms with Gasteiger partial charge in [-0.3, -0.25) is 14.2 Å². The maximum Gasteiger partial charge on any atom is 0.416 e. The molecule has 0 saturated carbocycles. The fraction of sp³-hybridized carbons (Fsp3) is 0.615. The second-order valence-corrected chi connectivity index (χ2v) is 13.1. The molecule has 4 rings (SSSR count). The van der Waals surface area contributed by atoms with Crippen LogP contribution in [-0.4, -0.2) is 66.2 Å². The van der Waals surface area contributed by atoms with E-state index in [4.69, 9.17) is 9.47 Å². The molecule has 13 heteroatoms. The van der Waals surface area contributed by atoms with Gasteiger partial charge in [0, 0.05) is 37.4 Å². The third-order valence-electron chi connectivity index (χ3n) is 7.11. The SMILES string of the molecule is Cn1c(C(C)(C)C)cc(=NC(=O)c2cc(C(F)(F)F)ccc2OC[C@@H]2CCN2S(C)(=O)=O)n1C[C@H]1CCCO1. The highest BCUT2D eigenvalue weighted by atomic mass is 32.2. The molecule has 216 valence electrons.